The minimum atomic E-state index is -0.531. The average Bonchev–Trinajstić information content (AvgIpc) is 2.60. The summed E-state index contributed by atoms with van der Waals surface area (Å²) in [5, 5.41) is 10.4. The first-order valence-electron chi connectivity index (χ1n) is 8.70. The highest BCUT2D eigenvalue weighted by Crippen LogP contribution is 2.35. The van der Waals surface area contributed by atoms with E-state index in [2.05, 4.69) is 6.92 Å². The van der Waals surface area contributed by atoms with Gasteiger partial charge in [-0.05, 0) is 24.7 Å². The normalized spacial score (nSPS) is 20.6. The Balaban J connectivity index is 1.76. The highest BCUT2D eigenvalue weighted by Gasteiger charge is 2.32. The predicted octanol–water partition coefficient (Wildman–Crippen LogP) is 4.72. The van der Waals surface area contributed by atoms with Crippen LogP contribution in [0.2, 0.25) is 0 Å². The summed E-state index contributed by atoms with van der Waals surface area (Å²) in [4.78, 5) is 24.5. The summed E-state index contributed by atoms with van der Waals surface area (Å²) in [6.07, 6.45) is 7.80. The van der Waals surface area contributed by atoms with Gasteiger partial charge >= 0.3 is 0 Å². The Morgan fingerprint density at radius 3 is 2.39 bits per heavy atom. The van der Waals surface area contributed by atoms with Gasteiger partial charge in [0.15, 0.2) is 0 Å². The molecule has 122 valence electrons. The number of fused-ring (bicyclic) bond motifs is 1. The molecule has 23 heavy (non-hydrogen) atoms. The fourth-order valence-electron chi connectivity index (χ4n) is 3.96. The number of aliphatic hydroxyl groups is 1. The van der Waals surface area contributed by atoms with Gasteiger partial charge in [-0.2, -0.15) is 0 Å². The Labute approximate surface area is 137 Å². The van der Waals surface area contributed by atoms with Crippen LogP contribution < -0.4 is 0 Å². The zero-order valence-corrected chi connectivity index (χ0v) is 13.7. The number of carbonyl (C=O) groups is 2. The van der Waals surface area contributed by atoms with Crippen molar-refractivity contribution in [3.8, 4) is 0 Å². The summed E-state index contributed by atoms with van der Waals surface area (Å²) in [6.45, 7) is 2.23. The first-order chi connectivity index (χ1) is 11.1. The van der Waals surface area contributed by atoms with Gasteiger partial charge < -0.3 is 5.11 Å². The number of carbonyl (C=O) groups excluding carboxylic acids is 2. The van der Waals surface area contributed by atoms with Crippen LogP contribution in [0.3, 0.4) is 0 Å². The Morgan fingerprint density at radius 1 is 1.04 bits per heavy atom. The van der Waals surface area contributed by atoms with Crippen LogP contribution in [0.4, 0.5) is 0 Å². The number of rotatable bonds is 4. The van der Waals surface area contributed by atoms with Crippen LogP contribution in [-0.4, -0.2) is 16.7 Å². The molecule has 2 aliphatic rings. The largest absolute Gasteiger partial charge is 0.507 e. The van der Waals surface area contributed by atoms with Crippen LogP contribution in [0.25, 0.3) is 5.76 Å². The van der Waals surface area contributed by atoms with E-state index in [9.17, 15) is 14.7 Å². The van der Waals surface area contributed by atoms with E-state index < -0.39 is 11.6 Å². The lowest BCUT2D eigenvalue weighted by Crippen LogP contribution is -2.25. The fraction of sp³-hybridized carbons (Fsp3) is 0.500. The number of ketones is 2. The third kappa shape index (κ3) is 3.10. The van der Waals surface area contributed by atoms with E-state index >= 15 is 0 Å². The third-order valence-corrected chi connectivity index (χ3v) is 5.50. The molecule has 0 bridgehead atoms. The number of aliphatic hydroxyl groups excluding tert-OH is 1. The quantitative estimate of drug-likeness (QED) is 0.819. The number of hydrogen-bond donors (Lipinski definition) is 1. The molecule has 3 nitrogen and oxygen atoms in total. The van der Waals surface area contributed by atoms with Gasteiger partial charge in [0.05, 0.1) is 0 Å². The van der Waals surface area contributed by atoms with Crippen molar-refractivity contribution in [3.05, 3.63) is 41.0 Å². The maximum Gasteiger partial charge on any atom is 0.234 e. The average molecular weight is 312 g/mol. The van der Waals surface area contributed by atoms with Crippen LogP contribution in [-0.2, 0) is 4.79 Å². The number of benzene rings is 1. The fourth-order valence-corrected chi connectivity index (χ4v) is 3.96. The van der Waals surface area contributed by atoms with Gasteiger partial charge in [0, 0.05) is 16.7 Å². The Bertz CT molecular complexity index is 651. The van der Waals surface area contributed by atoms with Crippen molar-refractivity contribution in [2.24, 2.45) is 11.8 Å². The molecule has 2 aliphatic carbocycles. The summed E-state index contributed by atoms with van der Waals surface area (Å²) < 4.78 is 0. The van der Waals surface area contributed by atoms with Crippen LogP contribution in [0.1, 0.15) is 67.8 Å². The highest BCUT2D eigenvalue weighted by molar-refractivity contribution is 6.52. The van der Waals surface area contributed by atoms with Crippen molar-refractivity contribution in [1.29, 1.82) is 0 Å². The van der Waals surface area contributed by atoms with Crippen LogP contribution >= 0.6 is 0 Å². The second kappa shape index (κ2) is 6.69. The second-order valence-corrected chi connectivity index (χ2v) is 6.95. The van der Waals surface area contributed by atoms with Gasteiger partial charge in [-0.15, -0.1) is 0 Å². The zero-order valence-electron chi connectivity index (χ0n) is 13.7. The van der Waals surface area contributed by atoms with E-state index in [0.717, 1.165) is 6.42 Å². The number of allylic oxidation sites excluding steroid dienone is 1. The molecule has 1 aromatic carbocycles. The lowest BCUT2D eigenvalue weighted by molar-refractivity contribution is -0.112. The minimum Gasteiger partial charge on any atom is -0.507 e. The molecule has 0 aromatic heterocycles. The molecule has 0 spiro atoms. The summed E-state index contributed by atoms with van der Waals surface area (Å²) in [5.41, 5.74) is 1.12. The number of hydrogen-bond acceptors (Lipinski definition) is 3. The lowest BCUT2D eigenvalue weighted by atomic mass is 9.77. The maximum absolute atomic E-state index is 12.3. The van der Waals surface area contributed by atoms with Crippen LogP contribution in [0.5, 0.6) is 0 Å². The maximum atomic E-state index is 12.3. The molecule has 0 saturated heterocycles. The van der Waals surface area contributed by atoms with E-state index in [1.54, 1.807) is 24.3 Å². The zero-order chi connectivity index (χ0) is 16.4. The Hall–Kier alpha value is -1.90. The number of Topliss-reactive ketones (excluding diaryl/α,β-unsaturated/α-hetero) is 2. The van der Waals surface area contributed by atoms with Crippen molar-refractivity contribution in [2.45, 2.75) is 51.9 Å². The molecular formula is C20H24O3. The van der Waals surface area contributed by atoms with Crippen molar-refractivity contribution < 1.29 is 14.7 Å². The smallest absolute Gasteiger partial charge is 0.234 e. The van der Waals surface area contributed by atoms with Crippen molar-refractivity contribution in [1.82, 2.24) is 0 Å². The molecule has 1 fully saturated rings. The van der Waals surface area contributed by atoms with Gasteiger partial charge in [-0.25, -0.2) is 0 Å². The molecule has 0 radical (unpaired) electrons. The molecule has 0 unspecified atom stereocenters. The molecule has 3 rings (SSSR count). The molecule has 1 N–H and O–H groups in total. The summed E-state index contributed by atoms with van der Waals surface area (Å²) in [6, 6.07) is 6.81. The molecule has 3 heteroatoms. The topological polar surface area (TPSA) is 54.4 Å². The first kappa shape index (κ1) is 16.0. The van der Waals surface area contributed by atoms with Crippen molar-refractivity contribution in [2.75, 3.05) is 0 Å². The van der Waals surface area contributed by atoms with Crippen molar-refractivity contribution in [3.63, 3.8) is 0 Å². The van der Waals surface area contributed by atoms with E-state index in [0.29, 0.717) is 35.0 Å². The van der Waals surface area contributed by atoms with Gasteiger partial charge in [0.1, 0.15) is 5.76 Å². The van der Waals surface area contributed by atoms with Gasteiger partial charge in [-0.3, -0.25) is 9.59 Å². The molecule has 1 aromatic rings. The van der Waals surface area contributed by atoms with E-state index in [1.165, 1.54) is 32.1 Å². The standard InChI is InChI=1S/C20H24O3/c1-13(14-7-3-2-4-8-14)11-12-17-18(21)15-9-5-6-10-16(15)19(22)20(17)23/h5-6,9-10,13-14,21H,2-4,7-8,11-12H2,1H3/t13-/m0/s1. The molecule has 1 atom stereocenters. The molecule has 0 aliphatic heterocycles. The molecule has 0 heterocycles. The molecular weight excluding hydrogens is 288 g/mol. The van der Waals surface area contributed by atoms with E-state index in [4.69, 9.17) is 0 Å². The Kier molecular flexibility index (Phi) is 4.65. The first-order valence-corrected chi connectivity index (χ1v) is 8.70. The third-order valence-electron chi connectivity index (χ3n) is 5.50. The summed E-state index contributed by atoms with van der Waals surface area (Å²) in [5.74, 6) is 0.223. The van der Waals surface area contributed by atoms with E-state index in [-0.39, 0.29) is 5.76 Å². The monoisotopic (exact) mass is 312 g/mol. The van der Waals surface area contributed by atoms with Crippen LogP contribution in [0, 0.1) is 11.8 Å². The minimum absolute atomic E-state index is 0.000967. The highest BCUT2D eigenvalue weighted by atomic mass is 16.3. The Morgan fingerprint density at radius 2 is 1.70 bits per heavy atom. The van der Waals surface area contributed by atoms with Crippen LogP contribution in [0.15, 0.2) is 29.8 Å². The molecule has 1 saturated carbocycles. The summed E-state index contributed by atoms with van der Waals surface area (Å²) >= 11 is 0. The van der Waals surface area contributed by atoms with Gasteiger partial charge in [-0.1, -0.05) is 63.3 Å². The van der Waals surface area contributed by atoms with E-state index in [1.807, 2.05) is 0 Å². The van der Waals surface area contributed by atoms with Gasteiger partial charge in [0.25, 0.3) is 0 Å². The molecule has 0 amide bonds. The summed E-state index contributed by atoms with van der Waals surface area (Å²) in [7, 11) is 0. The predicted molar refractivity (Wildman–Crippen MR) is 90.3 cm³/mol. The van der Waals surface area contributed by atoms with Crippen molar-refractivity contribution >= 4 is 17.3 Å². The lowest BCUT2D eigenvalue weighted by Gasteiger charge is -2.28. The SMILES string of the molecule is C[C@@H](CCC1=C(O)c2ccccc2C(=O)C1=O)C1CCCCC1. The van der Waals surface area contributed by atoms with Gasteiger partial charge in [0.2, 0.25) is 11.6 Å². The second-order valence-electron chi connectivity index (χ2n) is 6.95.